The molecule has 4 nitrogen and oxygen atoms in total. The van der Waals surface area contributed by atoms with Crippen molar-refractivity contribution in [1.29, 1.82) is 0 Å². The summed E-state index contributed by atoms with van der Waals surface area (Å²) in [4.78, 5) is 2.29. The molecule has 4 heteroatoms. The van der Waals surface area contributed by atoms with Gasteiger partial charge in [-0.2, -0.15) is 0 Å². The first-order chi connectivity index (χ1) is 12.2. The van der Waals surface area contributed by atoms with E-state index >= 15 is 0 Å². The fraction of sp³-hybridized carbons (Fsp3) is 0.429. The fourth-order valence-corrected chi connectivity index (χ4v) is 3.04. The van der Waals surface area contributed by atoms with Crippen LogP contribution in [0.2, 0.25) is 0 Å². The predicted octanol–water partition coefficient (Wildman–Crippen LogP) is 3.52. The number of aliphatic hydroxyl groups excluding tert-OH is 1. The summed E-state index contributed by atoms with van der Waals surface area (Å²) in [7, 11) is 3.29. The first kappa shape index (κ1) is 19.3. The Balaban J connectivity index is 2.00. The lowest BCUT2D eigenvalue weighted by atomic mass is 10.1. The maximum Gasteiger partial charge on any atom is 0.161 e. The van der Waals surface area contributed by atoms with Crippen molar-refractivity contribution in [2.45, 2.75) is 32.4 Å². The summed E-state index contributed by atoms with van der Waals surface area (Å²) in [6.45, 7) is 4.53. The number of nitrogens with zero attached hydrogens (tertiary/aromatic N) is 1. The van der Waals surface area contributed by atoms with Crippen molar-refractivity contribution in [3.63, 3.8) is 0 Å². The molecule has 0 amide bonds. The normalized spacial score (nSPS) is 12.2. The van der Waals surface area contributed by atoms with Gasteiger partial charge in [0.05, 0.1) is 20.3 Å². The molecule has 0 radical (unpaired) electrons. The van der Waals surface area contributed by atoms with Crippen LogP contribution in [0.4, 0.5) is 0 Å². The first-order valence-electron chi connectivity index (χ1n) is 8.81. The molecular formula is C21H29NO3. The Morgan fingerprint density at radius 3 is 2.32 bits per heavy atom. The average molecular weight is 343 g/mol. The Hall–Kier alpha value is -2.04. The van der Waals surface area contributed by atoms with Crippen molar-refractivity contribution < 1.29 is 14.6 Å². The van der Waals surface area contributed by atoms with Crippen molar-refractivity contribution in [3.8, 4) is 11.5 Å². The molecule has 0 fully saturated rings. The Bertz CT molecular complexity index is 630. The molecule has 25 heavy (non-hydrogen) atoms. The maximum absolute atomic E-state index is 10.5. The largest absolute Gasteiger partial charge is 0.493 e. The molecule has 1 unspecified atom stereocenters. The van der Waals surface area contributed by atoms with E-state index in [0.29, 0.717) is 13.0 Å². The van der Waals surface area contributed by atoms with Crippen molar-refractivity contribution in [1.82, 2.24) is 4.90 Å². The minimum Gasteiger partial charge on any atom is -0.493 e. The van der Waals surface area contributed by atoms with Crippen molar-refractivity contribution in [2.24, 2.45) is 0 Å². The highest BCUT2D eigenvalue weighted by Crippen LogP contribution is 2.28. The Morgan fingerprint density at radius 2 is 1.68 bits per heavy atom. The average Bonchev–Trinajstić information content (AvgIpc) is 2.62. The van der Waals surface area contributed by atoms with Crippen LogP contribution in [0.3, 0.4) is 0 Å². The minimum absolute atomic E-state index is 0.380. The summed E-state index contributed by atoms with van der Waals surface area (Å²) in [5.41, 5.74) is 2.32. The van der Waals surface area contributed by atoms with E-state index in [-0.39, 0.29) is 6.10 Å². The Morgan fingerprint density at radius 1 is 0.960 bits per heavy atom. The zero-order valence-corrected chi connectivity index (χ0v) is 15.4. The van der Waals surface area contributed by atoms with Gasteiger partial charge in [0.2, 0.25) is 0 Å². The maximum atomic E-state index is 10.5. The Kier molecular flexibility index (Phi) is 7.76. The van der Waals surface area contributed by atoms with E-state index in [1.54, 1.807) is 14.2 Å². The zero-order chi connectivity index (χ0) is 18.1. The summed E-state index contributed by atoms with van der Waals surface area (Å²) in [5.74, 6) is 1.47. The Labute approximate surface area is 151 Å². The van der Waals surface area contributed by atoms with E-state index in [1.165, 1.54) is 0 Å². The number of ether oxygens (including phenoxy) is 2. The van der Waals surface area contributed by atoms with Crippen LogP contribution in [0.5, 0.6) is 11.5 Å². The topological polar surface area (TPSA) is 41.9 Å². The highest BCUT2D eigenvalue weighted by molar-refractivity contribution is 5.42. The van der Waals surface area contributed by atoms with Gasteiger partial charge in [0, 0.05) is 13.1 Å². The van der Waals surface area contributed by atoms with Gasteiger partial charge in [-0.25, -0.2) is 0 Å². The first-order valence-corrected chi connectivity index (χ1v) is 8.81. The molecule has 0 spiro atoms. The number of rotatable bonds is 10. The molecule has 2 rings (SSSR count). The van der Waals surface area contributed by atoms with Gasteiger partial charge in [0.25, 0.3) is 0 Å². The van der Waals surface area contributed by atoms with Crippen molar-refractivity contribution in [3.05, 3.63) is 59.7 Å². The van der Waals surface area contributed by atoms with Gasteiger partial charge >= 0.3 is 0 Å². The number of hydrogen-bond acceptors (Lipinski definition) is 4. The number of aliphatic hydroxyl groups is 1. The van der Waals surface area contributed by atoms with Crippen LogP contribution in [-0.2, 0) is 13.0 Å². The minimum atomic E-state index is -0.380. The quantitative estimate of drug-likeness (QED) is 0.717. The van der Waals surface area contributed by atoms with Gasteiger partial charge in [0.15, 0.2) is 11.5 Å². The van der Waals surface area contributed by atoms with Crippen molar-refractivity contribution >= 4 is 0 Å². The van der Waals surface area contributed by atoms with Gasteiger partial charge in [-0.1, -0.05) is 43.3 Å². The lowest BCUT2D eigenvalue weighted by molar-refractivity contribution is 0.108. The molecule has 0 saturated carbocycles. The summed E-state index contributed by atoms with van der Waals surface area (Å²) >= 11 is 0. The monoisotopic (exact) mass is 343 g/mol. The molecule has 1 atom stereocenters. The lowest BCUT2D eigenvalue weighted by Crippen LogP contribution is -2.33. The van der Waals surface area contributed by atoms with E-state index in [9.17, 15) is 5.11 Å². The van der Waals surface area contributed by atoms with Gasteiger partial charge in [-0.05, 0) is 42.6 Å². The van der Waals surface area contributed by atoms with E-state index in [4.69, 9.17) is 9.47 Å². The number of hydrogen-bond donors (Lipinski definition) is 1. The molecule has 0 aromatic heterocycles. The van der Waals surface area contributed by atoms with Crippen LogP contribution in [0.15, 0.2) is 48.5 Å². The molecule has 0 heterocycles. The second kappa shape index (κ2) is 10.1. The molecule has 2 aromatic carbocycles. The van der Waals surface area contributed by atoms with Crippen LogP contribution in [-0.4, -0.2) is 43.4 Å². The fourth-order valence-electron chi connectivity index (χ4n) is 3.04. The van der Waals surface area contributed by atoms with Crippen LogP contribution >= 0.6 is 0 Å². The van der Waals surface area contributed by atoms with Gasteiger partial charge in [-0.3, -0.25) is 4.90 Å². The molecule has 0 aliphatic heterocycles. The number of benzene rings is 2. The second-order valence-corrected chi connectivity index (χ2v) is 6.27. The van der Waals surface area contributed by atoms with E-state index in [2.05, 4.69) is 24.0 Å². The number of methoxy groups -OCH3 is 2. The molecule has 0 aliphatic carbocycles. The van der Waals surface area contributed by atoms with E-state index < -0.39 is 0 Å². The third kappa shape index (κ3) is 6.07. The molecule has 2 aromatic rings. The van der Waals surface area contributed by atoms with Gasteiger partial charge in [-0.15, -0.1) is 0 Å². The molecule has 0 aliphatic rings. The summed E-state index contributed by atoms with van der Waals surface area (Å²) in [6, 6.07) is 16.1. The molecule has 0 bridgehead atoms. The third-order valence-electron chi connectivity index (χ3n) is 4.18. The summed E-state index contributed by atoms with van der Waals surface area (Å²) in [5, 5.41) is 10.5. The van der Waals surface area contributed by atoms with Crippen molar-refractivity contribution in [2.75, 3.05) is 27.3 Å². The lowest BCUT2D eigenvalue weighted by Gasteiger charge is -2.25. The van der Waals surface area contributed by atoms with Gasteiger partial charge in [0.1, 0.15) is 0 Å². The van der Waals surface area contributed by atoms with Crippen LogP contribution in [0, 0.1) is 0 Å². The summed E-state index contributed by atoms with van der Waals surface area (Å²) in [6.07, 6.45) is 1.34. The van der Waals surface area contributed by atoms with E-state index in [1.807, 2.05) is 36.4 Å². The summed E-state index contributed by atoms with van der Waals surface area (Å²) < 4.78 is 10.7. The van der Waals surface area contributed by atoms with Gasteiger partial charge < -0.3 is 14.6 Å². The third-order valence-corrected chi connectivity index (χ3v) is 4.18. The zero-order valence-electron chi connectivity index (χ0n) is 15.4. The van der Waals surface area contributed by atoms with Crippen LogP contribution < -0.4 is 9.47 Å². The second-order valence-electron chi connectivity index (χ2n) is 6.27. The molecule has 136 valence electrons. The molecular weight excluding hydrogens is 314 g/mol. The van der Waals surface area contributed by atoms with Crippen LogP contribution in [0.25, 0.3) is 0 Å². The highest BCUT2D eigenvalue weighted by atomic mass is 16.5. The smallest absolute Gasteiger partial charge is 0.161 e. The predicted molar refractivity (Wildman–Crippen MR) is 101 cm³/mol. The standard InChI is InChI=1S/C21H29NO3/c1-4-12-22(16-19(23)13-17-8-6-5-7-9-17)15-18-10-11-20(24-2)21(14-18)25-3/h5-11,14,19,23H,4,12-13,15-16H2,1-3H3. The molecule has 0 saturated heterocycles. The SMILES string of the molecule is CCCN(Cc1ccc(OC)c(OC)c1)CC(O)Cc1ccccc1. The van der Waals surface area contributed by atoms with E-state index in [0.717, 1.165) is 42.1 Å². The molecule has 1 N–H and O–H groups in total. The highest BCUT2D eigenvalue weighted by Gasteiger charge is 2.14. The van der Waals surface area contributed by atoms with Crippen LogP contribution in [0.1, 0.15) is 24.5 Å².